The first-order chi connectivity index (χ1) is 16.8. The van der Waals surface area contributed by atoms with Crippen molar-refractivity contribution < 1.29 is 18.3 Å². The van der Waals surface area contributed by atoms with Crippen molar-refractivity contribution in [2.45, 2.75) is 19.1 Å². The van der Waals surface area contributed by atoms with E-state index >= 15 is 0 Å². The zero-order valence-corrected chi connectivity index (χ0v) is 19.3. The van der Waals surface area contributed by atoms with Gasteiger partial charge in [-0.3, -0.25) is 9.48 Å². The Labute approximate surface area is 203 Å². The first kappa shape index (κ1) is 23.0. The van der Waals surface area contributed by atoms with Crippen LogP contribution in [0.2, 0.25) is 5.02 Å². The largest absolute Gasteiger partial charge is 0.434 e. The summed E-state index contributed by atoms with van der Waals surface area (Å²) >= 11 is 6.17. The van der Waals surface area contributed by atoms with E-state index in [0.717, 1.165) is 19.5 Å². The molecule has 1 aromatic carbocycles. The van der Waals surface area contributed by atoms with Gasteiger partial charge in [0.05, 0.1) is 11.7 Å². The van der Waals surface area contributed by atoms with E-state index in [0.29, 0.717) is 5.02 Å². The van der Waals surface area contributed by atoms with Gasteiger partial charge in [-0.15, -0.1) is 5.10 Å². The molecule has 13 heteroatoms. The van der Waals surface area contributed by atoms with Crippen molar-refractivity contribution in [2.24, 2.45) is 0 Å². The number of nitrogens with two attached hydrogens (primary N) is 1. The maximum absolute atomic E-state index is 13.3. The van der Waals surface area contributed by atoms with Crippen molar-refractivity contribution >= 4 is 34.7 Å². The van der Waals surface area contributed by atoms with Gasteiger partial charge in [0.25, 0.3) is 5.91 Å². The van der Waals surface area contributed by atoms with Gasteiger partial charge >= 0.3 is 6.61 Å². The molecule has 1 aliphatic heterocycles. The number of carbonyl (C=O) groups is 1. The Bertz CT molecular complexity index is 1410. The van der Waals surface area contributed by atoms with E-state index in [1.165, 1.54) is 28.9 Å². The number of aromatic nitrogens is 5. The molecule has 35 heavy (non-hydrogen) atoms. The molecule has 1 saturated heterocycles. The molecule has 0 radical (unpaired) electrons. The van der Waals surface area contributed by atoms with Gasteiger partial charge in [0, 0.05) is 35.7 Å². The van der Waals surface area contributed by atoms with Crippen LogP contribution in [0.1, 0.15) is 22.8 Å². The fraction of sp³-hybridized carbons (Fsp3) is 0.273. The summed E-state index contributed by atoms with van der Waals surface area (Å²) < 4.78 is 34.1. The molecule has 1 aliphatic rings. The molecule has 3 N–H and O–H groups in total. The number of rotatable bonds is 6. The quantitative estimate of drug-likeness (QED) is 0.414. The highest BCUT2D eigenvalue weighted by Crippen LogP contribution is 2.38. The third-order valence-electron chi connectivity index (χ3n) is 5.78. The number of anilines is 2. The fourth-order valence-electron chi connectivity index (χ4n) is 4.19. The van der Waals surface area contributed by atoms with E-state index in [9.17, 15) is 13.6 Å². The summed E-state index contributed by atoms with van der Waals surface area (Å²) in [6.45, 7) is -1.43. The third kappa shape index (κ3) is 4.49. The molecule has 4 aromatic rings. The first-order valence-electron chi connectivity index (χ1n) is 10.7. The lowest BCUT2D eigenvalue weighted by atomic mass is 10.1. The molecular weight excluding hydrogens is 482 g/mol. The van der Waals surface area contributed by atoms with Gasteiger partial charge < -0.3 is 20.7 Å². The number of likely N-dealkylation sites (tertiary alicyclic amines) is 1. The summed E-state index contributed by atoms with van der Waals surface area (Å²) in [6, 6.07) is 5.94. The topological polar surface area (TPSA) is 116 Å². The number of halogens is 3. The zero-order valence-electron chi connectivity index (χ0n) is 18.5. The first-order valence-corrected chi connectivity index (χ1v) is 11.1. The van der Waals surface area contributed by atoms with Crippen LogP contribution in [-0.2, 0) is 0 Å². The Morgan fingerprint density at radius 3 is 2.91 bits per heavy atom. The minimum Gasteiger partial charge on any atom is -0.434 e. The predicted molar refractivity (Wildman–Crippen MR) is 126 cm³/mol. The number of hydrogen-bond acceptors (Lipinski definition) is 7. The monoisotopic (exact) mass is 502 g/mol. The second kappa shape index (κ2) is 9.12. The normalized spacial score (nSPS) is 16.3. The molecule has 1 amide bonds. The summed E-state index contributed by atoms with van der Waals surface area (Å²) in [5.41, 5.74) is 7.08. The molecule has 0 bridgehead atoms. The number of carbonyl (C=O) groups excluding carboxylic acids is 1. The number of nitrogens with one attached hydrogen (secondary N) is 1. The number of benzene rings is 1. The number of hydrogen-bond donors (Lipinski definition) is 2. The van der Waals surface area contributed by atoms with E-state index in [-0.39, 0.29) is 45.8 Å². The molecule has 1 fully saturated rings. The Balaban J connectivity index is 1.59. The zero-order chi connectivity index (χ0) is 24.7. The Morgan fingerprint density at radius 1 is 1.34 bits per heavy atom. The van der Waals surface area contributed by atoms with Gasteiger partial charge in [-0.1, -0.05) is 11.6 Å². The number of ether oxygens (including phenoxy) is 1. The second-order valence-corrected chi connectivity index (χ2v) is 8.63. The van der Waals surface area contributed by atoms with Crippen LogP contribution in [0.5, 0.6) is 5.75 Å². The molecular formula is C22H21ClF2N8O2. The Kier molecular flexibility index (Phi) is 5.99. The van der Waals surface area contributed by atoms with Crippen LogP contribution < -0.4 is 15.8 Å². The van der Waals surface area contributed by atoms with E-state index in [4.69, 9.17) is 22.1 Å². The van der Waals surface area contributed by atoms with Gasteiger partial charge in [-0.2, -0.15) is 13.9 Å². The summed E-state index contributed by atoms with van der Waals surface area (Å²) in [5.74, 6) is -0.693. The Morgan fingerprint density at radius 2 is 2.17 bits per heavy atom. The molecule has 0 spiro atoms. The van der Waals surface area contributed by atoms with E-state index in [2.05, 4.69) is 25.4 Å². The lowest BCUT2D eigenvalue weighted by Crippen LogP contribution is -2.16. The van der Waals surface area contributed by atoms with Crippen LogP contribution in [0.25, 0.3) is 16.9 Å². The second-order valence-electron chi connectivity index (χ2n) is 8.20. The molecule has 0 aliphatic carbocycles. The number of fused-ring (bicyclic) bond motifs is 1. The number of nitrogens with zero attached hydrogens (tertiary/aromatic N) is 6. The fourth-order valence-corrected chi connectivity index (χ4v) is 4.36. The number of likely N-dealkylation sites (N-methyl/N-ethyl adjacent to an activating group) is 1. The molecule has 4 heterocycles. The lowest BCUT2D eigenvalue weighted by Gasteiger charge is -2.12. The van der Waals surface area contributed by atoms with Gasteiger partial charge in [0.15, 0.2) is 11.5 Å². The van der Waals surface area contributed by atoms with Crippen LogP contribution in [-0.4, -0.2) is 61.9 Å². The average Bonchev–Trinajstić information content (AvgIpc) is 3.50. The number of alkyl halides is 2. The van der Waals surface area contributed by atoms with Gasteiger partial charge in [0.2, 0.25) is 0 Å². The van der Waals surface area contributed by atoms with Crippen molar-refractivity contribution in [3.05, 3.63) is 53.4 Å². The van der Waals surface area contributed by atoms with E-state index in [1.54, 1.807) is 23.1 Å². The molecule has 182 valence electrons. The van der Waals surface area contributed by atoms with E-state index < -0.39 is 12.5 Å². The van der Waals surface area contributed by atoms with Crippen molar-refractivity contribution in [3.8, 4) is 17.0 Å². The Hall–Kier alpha value is -3.77. The van der Waals surface area contributed by atoms with Crippen LogP contribution in [0.4, 0.5) is 20.3 Å². The van der Waals surface area contributed by atoms with Gasteiger partial charge in [0.1, 0.15) is 17.0 Å². The molecule has 5 rings (SSSR count). The lowest BCUT2D eigenvalue weighted by molar-refractivity contribution is -0.0494. The summed E-state index contributed by atoms with van der Waals surface area (Å²) in [6.07, 6.45) is 5.65. The van der Waals surface area contributed by atoms with E-state index in [1.807, 2.05) is 7.05 Å². The smallest absolute Gasteiger partial charge is 0.387 e. The van der Waals surface area contributed by atoms with Crippen molar-refractivity contribution in [1.29, 1.82) is 0 Å². The van der Waals surface area contributed by atoms with Gasteiger partial charge in [-0.25, -0.2) is 9.50 Å². The predicted octanol–water partition coefficient (Wildman–Crippen LogP) is 3.56. The minimum atomic E-state index is -3.05. The molecule has 0 unspecified atom stereocenters. The highest BCUT2D eigenvalue weighted by atomic mass is 35.5. The molecule has 1 atom stereocenters. The number of amides is 1. The van der Waals surface area contributed by atoms with Crippen molar-refractivity contribution in [1.82, 2.24) is 29.3 Å². The standard InChI is InChI=1S/C22H21ClF2N8O2/c1-31-8-5-13(10-31)33-11-15(18(29-33)14-9-12(23)3-4-16(14)35-22(24)25)28-21(34)17-19(26)30-32-7-2-6-27-20(17)32/h2-4,6-7,9,11,13,22H,5,8,10H2,1H3,(H2,26,30)(H,28,34)/t13-/m1/s1. The maximum Gasteiger partial charge on any atom is 0.387 e. The van der Waals surface area contributed by atoms with Crippen LogP contribution in [0, 0.1) is 0 Å². The molecule has 10 nitrogen and oxygen atoms in total. The number of nitrogen functional groups attached to an aromatic ring is 1. The summed E-state index contributed by atoms with van der Waals surface area (Å²) in [4.78, 5) is 19.6. The third-order valence-corrected chi connectivity index (χ3v) is 6.02. The molecule has 3 aromatic heterocycles. The minimum absolute atomic E-state index is 0.00274. The SMILES string of the molecule is CN1CC[C@@H](n2cc(NC(=O)c3c(N)nn4cccnc34)c(-c3cc(Cl)ccc3OC(F)F)n2)C1. The molecule has 0 saturated carbocycles. The maximum atomic E-state index is 13.3. The average molecular weight is 503 g/mol. The van der Waals surface area contributed by atoms with Crippen molar-refractivity contribution in [3.63, 3.8) is 0 Å². The van der Waals surface area contributed by atoms with Crippen LogP contribution in [0.3, 0.4) is 0 Å². The summed E-state index contributed by atoms with van der Waals surface area (Å²) in [7, 11) is 2.00. The highest BCUT2D eigenvalue weighted by molar-refractivity contribution is 6.31. The van der Waals surface area contributed by atoms with Crippen LogP contribution >= 0.6 is 11.6 Å². The summed E-state index contributed by atoms with van der Waals surface area (Å²) in [5, 5.41) is 11.9. The van der Waals surface area contributed by atoms with Gasteiger partial charge in [-0.05, 0) is 44.3 Å². The van der Waals surface area contributed by atoms with Crippen molar-refractivity contribution in [2.75, 3.05) is 31.2 Å². The van der Waals surface area contributed by atoms with Crippen LogP contribution in [0.15, 0.2) is 42.9 Å². The highest BCUT2D eigenvalue weighted by Gasteiger charge is 2.27.